The summed E-state index contributed by atoms with van der Waals surface area (Å²) in [6.45, 7) is 1.60. The van der Waals surface area contributed by atoms with Gasteiger partial charge in [0, 0.05) is 23.3 Å². The summed E-state index contributed by atoms with van der Waals surface area (Å²) >= 11 is 2.66. The smallest absolute Gasteiger partial charge is 0.744 e. The summed E-state index contributed by atoms with van der Waals surface area (Å²) < 4.78 is 37.0. The van der Waals surface area contributed by atoms with Crippen molar-refractivity contribution in [2.24, 2.45) is 15.3 Å². The van der Waals surface area contributed by atoms with Crippen molar-refractivity contribution in [2.75, 3.05) is 5.43 Å². The van der Waals surface area contributed by atoms with Gasteiger partial charge in [0.15, 0.2) is 0 Å². The molecule has 0 unspecified atom stereocenters. The molecule has 1 aliphatic carbocycles. The Hall–Kier alpha value is -4.41. The number of rotatable bonds is 7. The number of nitrogens with zero attached hydrogens (tertiary/aromatic N) is 5. The molecule has 0 saturated carbocycles. The van der Waals surface area contributed by atoms with Gasteiger partial charge in [0.2, 0.25) is 5.78 Å². The second-order valence-electron chi connectivity index (χ2n) is 10.4. The first-order valence-corrected chi connectivity index (χ1v) is 17.0. The van der Waals surface area contributed by atoms with E-state index in [-0.39, 0.29) is 51.6 Å². The van der Waals surface area contributed by atoms with Crippen LogP contribution in [0.2, 0.25) is 0 Å². The maximum Gasteiger partial charge on any atom is 1.00 e. The van der Waals surface area contributed by atoms with Gasteiger partial charge >= 0.3 is 29.6 Å². The average molecular weight is 701 g/mol. The first-order valence-electron chi connectivity index (χ1n) is 14.0. The molecule has 0 fully saturated rings. The molecule has 2 aromatic heterocycles. The fraction of sp³-hybridized carbons (Fsp3) is 0.0303. The van der Waals surface area contributed by atoms with Crippen LogP contribution >= 0.6 is 22.7 Å². The summed E-state index contributed by atoms with van der Waals surface area (Å²) in [5, 5.41) is 24.1. The molecule has 1 aliphatic rings. The quantitative estimate of drug-likeness (QED) is 0.0778. The number of carbonyl (C=O) groups is 1. The molecule has 0 atom stereocenters. The number of aryl methyl sites for hydroxylation is 1. The monoisotopic (exact) mass is 700 g/mol. The number of fused-ring (bicyclic) bond motifs is 2. The van der Waals surface area contributed by atoms with Crippen molar-refractivity contribution in [3.63, 3.8) is 0 Å². The number of allylic oxidation sites excluding steroid dienone is 2. The van der Waals surface area contributed by atoms with E-state index in [1.165, 1.54) is 28.7 Å². The largest absolute Gasteiger partial charge is 1.00 e. The molecule has 0 spiro atoms. The van der Waals surface area contributed by atoms with Crippen LogP contribution in [0.1, 0.15) is 5.56 Å². The summed E-state index contributed by atoms with van der Waals surface area (Å²) in [7, 11) is -4.66. The Bertz CT molecular complexity index is 2450. The third kappa shape index (κ3) is 6.91. The van der Waals surface area contributed by atoms with Crippen LogP contribution in [0, 0.1) is 6.92 Å². The summed E-state index contributed by atoms with van der Waals surface area (Å²) in [5.41, 5.74) is 7.50. The van der Waals surface area contributed by atoms with Crippen LogP contribution in [-0.4, -0.2) is 39.5 Å². The van der Waals surface area contributed by atoms with Gasteiger partial charge < -0.3 is 9.66 Å². The molecule has 0 bridgehead atoms. The normalized spacial score (nSPS) is 14.4. The molecule has 11 nitrogen and oxygen atoms in total. The van der Waals surface area contributed by atoms with Crippen molar-refractivity contribution in [1.82, 2.24) is 9.97 Å². The van der Waals surface area contributed by atoms with Gasteiger partial charge in [-0.15, -0.1) is 27.8 Å². The number of ketones is 1. The minimum Gasteiger partial charge on any atom is -0.744 e. The van der Waals surface area contributed by atoms with E-state index in [9.17, 15) is 22.9 Å². The van der Waals surface area contributed by atoms with Gasteiger partial charge in [-0.25, -0.2) is 18.4 Å². The summed E-state index contributed by atoms with van der Waals surface area (Å²) in [4.78, 5) is 21.4. The Kier molecular flexibility index (Phi) is 9.49. The number of carbonyl (C=O) groups excluding carboxylic acids is 1. The molecule has 6 aromatic rings. The van der Waals surface area contributed by atoms with Crippen LogP contribution in [0.4, 0.5) is 11.4 Å². The Morgan fingerprint density at radius 1 is 0.833 bits per heavy atom. The number of hydrogen-bond acceptors (Lipinski definition) is 13. The van der Waals surface area contributed by atoms with Gasteiger partial charge in [-0.2, -0.15) is 10.2 Å². The van der Waals surface area contributed by atoms with E-state index in [1.807, 2.05) is 48.5 Å². The zero-order valence-electron chi connectivity index (χ0n) is 25.3. The minimum absolute atomic E-state index is 0. The number of azo groups is 1. The van der Waals surface area contributed by atoms with Crippen molar-refractivity contribution >= 4 is 76.1 Å². The standard InChI is InChI=1S/C33H22N6O5S3.Na/c1-18-7-13-24-30(31(18)47(42,43)44)46-33(35-24)20-10-14-23-29(15-20)45-32(34-23)19-8-11-22(12-9-19)37-39-26-16-25(27(40)17-28(26)41)38-36-21-5-3-2-4-6-21;/h2-17,36,41H,1H3,(H,42,43,44);/q;+1/p-1. The van der Waals surface area contributed by atoms with E-state index >= 15 is 0 Å². The number of anilines is 1. The predicted molar refractivity (Wildman–Crippen MR) is 182 cm³/mol. The molecular formula is C33H21N6NaO5S3. The van der Waals surface area contributed by atoms with Gasteiger partial charge in [-0.3, -0.25) is 10.2 Å². The minimum atomic E-state index is -4.66. The Morgan fingerprint density at radius 3 is 2.27 bits per heavy atom. The van der Waals surface area contributed by atoms with Gasteiger partial charge in [-0.05, 0) is 73.2 Å². The van der Waals surface area contributed by atoms with Crippen molar-refractivity contribution in [1.29, 1.82) is 0 Å². The van der Waals surface area contributed by atoms with Crippen LogP contribution in [0.5, 0.6) is 0 Å². The second kappa shape index (κ2) is 13.6. The zero-order chi connectivity index (χ0) is 32.7. The number of aliphatic hydroxyl groups excluding tert-OH is 1. The van der Waals surface area contributed by atoms with E-state index in [2.05, 4.69) is 25.7 Å². The molecule has 2 N–H and O–H groups in total. The molecule has 4 aromatic carbocycles. The number of para-hydroxylation sites is 1. The summed E-state index contributed by atoms with van der Waals surface area (Å²) in [6.07, 6.45) is 2.41. The second-order valence-corrected chi connectivity index (χ2v) is 13.7. The molecule has 0 saturated heterocycles. The van der Waals surface area contributed by atoms with E-state index in [0.717, 1.165) is 32.4 Å². The van der Waals surface area contributed by atoms with E-state index < -0.39 is 15.9 Å². The molecule has 15 heteroatoms. The zero-order valence-corrected chi connectivity index (χ0v) is 29.7. The fourth-order valence-corrected chi connectivity index (χ4v) is 8.11. The number of aliphatic hydroxyl groups is 1. The number of nitrogens with one attached hydrogen (secondary N) is 1. The van der Waals surface area contributed by atoms with E-state index in [0.29, 0.717) is 32.2 Å². The van der Waals surface area contributed by atoms with Crippen molar-refractivity contribution in [3.8, 4) is 21.1 Å². The number of benzene rings is 4. The Labute approximate surface area is 304 Å². The van der Waals surface area contributed by atoms with Crippen LogP contribution in [0.25, 0.3) is 41.6 Å². The van der Waals surface area contributed by atoms with Crippen LogP contribution in [0.15, 0.2) is 129 Å². The van der Waals surface area contributed by atoms with Gasteiger partial charge in [0.25, 0.3) is 0 Å². The van der Waals surface area contributed by atoms with Crippen molar-refractivity contribution in [3.05, 3.63) is 114 Å². The molecular weight excluding hydrogens is 680 g/mol. The SMILES string of the molecule is Cc1ccc2nc(-c3ccc4nc(-c5ccc(N=NC6=CC(=NNc7ccccc7)C(=O)C=C6O)cc5)sc4c3)sc2c1S(=O)(=O)[O-].[Na+]. The molecule has 0 aliphatic heterocycles. The molecule has 48 heavy (non-hydrogen) atoms. The van der Waals surface area contributed by atoms with Gasteiger partial charge in [0.1, 0.15) is 37.3 Å². The summed E-state index contributed by atoms with van der Waals surface area (Å²) in [6, 6.07) is 25.4. The molecule has 0 radical (unpaired) electrons. The fourth-order valence-electron chi connectivity index (χ4n) is 4.82. The van der Waals surface area contributed by atoms with Gasteiger partial charge in [-0.1, -0.05) is 24.3 Å². The predicted octanol–water partition coefficient (Wildman–Crippen LogP) is 4.92. The van der Waals surface area contributed by atoms with Crippen molar-refractivity contribution < 1.29 is 52.4 Å². The first kappa shape index (κ1) is 33.5. The number of aromatic nitrogens is 2. The topological polar surface area (TPSA) is 169 Å². The van der Waals surface area contributed by atoms with Crippen molar-refractivity contribution in [2.45, 2.75) is 11.8 Å². The first-order chi connectivity index (χ1) is 22.6. The number of hydrazone groups is 1. The molecule has 7 rings (SSSR count). The Balaban J connectivity index is 0.00000401. The van der Waals surface area contributed by atoms with E-state index in [1.54, 1.807) is 43.3 Å². The van der Waals surface area contributed by atoms with E-state index in [4.69, 9.17) is 4.98 Å². The maximum absolute atomic E-state index is 12.3. The van der Waals surface area contributed by atoms with Crippen LogP contribution in [0.3, 0.4) is 0 Å². The average Bonchev–Trinajstić information content (AvgIpc) is 3.68. The Morgan fingerprint density at radius 2 is 1.52 bits per heavy atom. The molecule has 2 heterocycles. The third-order valence-corrected chi connectivity index (χ3v) is 10.5. The van der Waals surface area contributed by atoms with Crippen LogP contribution in [-0.2, 0) is 14.9 Å². The van der Waals surface area contributed by atoms with Crippen LogP contribution < -0.4 is 35.0 Å². The maximum atomic E-state index is 12.3. The number of thiazole rings is 2. The van der Waals surface area contributed by atoms with Gasteiger partial charge in [0.05, 0.1) is 36.7 Å². The third-order valence-electron chi connectivity index (χ3n) is 7.12. The molecule has 232 valence electrons. The summed E-state index contributed by atoms with van der Waals surface area (Å²) in [5.74, 6) is -0.768. The number of hydrogen-bond donors (Lipinski definition) is 2. The molecule has 0 amide bonds.